The standard InChI is InChI=1S/C15H13ClFN3O2/c16-11-4-1-5-12(17)14(11)15(22)20-9-13(21)19-8-10-3-2-6-18-7-10/h1-7H,8-9H2,(H,19,21)(H,20,22). The molecule has 0 unspecified atom stereocenters. The van der Waals surface area contributed by atoms with Crippen molar-refractivity contribution < 1.29 is 14.0 Å². The molecule has 1 heterocycles. The monoisotopic (exact) mass is 321 g/mol. The molecule has 2 rings (SSSR count). The molecule has 2 N–H and O–H groups in total. The Hall–Kier alpha value is -2.47. The Morgan fingerprint density at radius 3 is 2.68 bits per heavy atom. The lowest BCUT2D eigenvalue weighted by Gasteiger charge is -2.08. The van der Waals surface area contributed by atoms with E-state index < -0.39 is 17.6 Å². The molecule has 114 valence electrons. The van der Waals surface area contributed by atoms with Gasteiger partial charge in [-0.3, -0.25) is 14.6 Å². The summed E-state index contributed by atoms with van der Waals surface area (Å²) in [5.41, 5.74) is 0.559. The molecule has 0 radical (unpaired) electrons. The Balaban J connectivity index is 1.85. The molecule has 0 saturated heterocycles. The first-order valence-corrected chi connectivity index (χ1v) is 6.83. The van der Waals surface area contributed by atoms with Crippen molar-refractivity contribution >= 4 is 23.4 Å². The molecule has 0 bridgehead atoms. The Kier molecular flexibility index (Phi) is 5.43. The van der Waals surface area contributed by atoms with Crippen LogP contribution in [0.15, 0.2) is 42.7 Å². The number of hydrogen-bond donors (Lipinski definition) is 2. The Morgan fingerprint density at radius 1 is 1.18 bits per heavy atom. The highest BCUT2D eigenvalue weighted by Gasteiger charge is 2.16. The van der Waals surface area contributed by atoms with Crippen molar-refractivity contribution in [3.8, 4) is 0 Å². The van der Waals surface area contributed by atoms with Crippen molar-refractivity contribution in [2.45, 2.75) is 6.54 Å². The third-order valence-corrected chi connectivity index (χ3v) is 3.13. The van der Waals surface area contributed by atoms with Gasteiger partial charge in [0.15, 0.2) is 0 Å². The molecule has 0 spiro atoms. The second-order valence-electron chi connectivity index (χ2n) is 4.42. The minimum atomic E-state index is -0.736. The van der Waals surface area contributed by atoms with Crippen LogP contribution in [-0.4, -0.2) is 23.3 Å². The maximum Gasteiger partial charge on any atom is 0.256 e. The fourth-order valence-electron chi connectivity index (χ4n) is 1.73. The normalized spacial score (nSPS) is 10.1. The van der Waals surface area contributed by atoms with Crippen LogP contribution in [0.5, 0.6) is 0 Å². The summed E-state index contributed by atoms with van der Waals surface area (Å²) in [5.74, 6) is -1.87. The van der Waals surface area contributed by atoms with Crippen LogP contribution in [0.4, 0.5) is 4.39 Å². The molecule has 0 fully saturated rings. The van der Waals surface area contributed by atoms with Gasteiger partial charge < -0.3 is 10.6 Å². The molecule has 5 nitrogen and oxygen atoms in total. The molecule has 0 saturated carbocycles. The van der Waals surface area contributed by atoms with Crippen LogP contribution in [-0.2, 0) is 11.3 Å². The minimum Gasteiger partial charge on any atom is -0.350 e. The number of aromatic nitrogens is 1. The number of carbonyl (C=O) groups excluding carboxylic acids is 2. The van der Waals surface area contributed by atoms with E-state index in [0.29, 0.717) is 6.54 Å². The minimum absolute atomic E-state index is 0.00623. The largest absolute Gasteiger partial charge is 0.350 e. The first kappa shape index (κ1) is 15.9. The highest BCUT2D eigenvalue weighted by atomic mass is 35.5. The van der Waals surface area contributed by atoms with Gasteiger partial charge in [0.05, 0.1) is 17.1 Å². The summed E-state index contributed by atoms with van der Waals surface area (Å²) in [6.07, 6.45) is 3.25. The molecule has 22 heavy (non-hydrogen) atoms. The predicted molar refractivity (Wildman–Crippen MR) is 79.8 cm³/mol. The highest BCUT2D eigenvalue weighted by Crippen LogP contribution is 2.18. The molecule has 0 aliphatic heterocycles. The van der Waals surface area contributed by atoms with Crippen LogP contribution in [0.25, 0.3) is 0 Å². The second-order valence-corrected chi connectivity index (χ2v) is 4.82. The van der Waals surface area contributed by atoms with E-state index in [1.165, 1.54) is 12.1 Å². The van der Waals surface area contributed by atoms with Gasteiger partial charge in [-0.05, 0) is 23.8 Å². The number of halogens is 2. The number of nitrogens with one attached hydrogen (secondary N) is 2. The van der Waals surface area contributed by atoms with E-state index in [1.807, 2.05) is 6.07 Å². The van der Waals surface area contributed by atoms with E-state index in [4.69, 9.17) is 11.6 Å². The van der Waals surface area contributed by atoms with Crippen molar-refractivity contribution in [3.63, 3.8) is 0 Å². The number of carbonyl (C=O) groups is 2. The zero-order valence-corrected chi connectivity index (χ0v) is 12.2. The van der Waals surface area contributed by atoms with Gasteiger partial charge in [-0.1, -0.05) is 23.7 Å². The predicted octanol–water partition coefficient (Wildman–Crippen LogP) is 1.92. The molecule has 1 aromatic heterocycles. The van der Waals surface area contributed by atoms with Gasteiger partial charge in [0.1, 0.15) is 5.82 Å². The summed E-state index contributed by atoms with van der Waals surface area (Å²) in [6.45, 7) is 0.0206. The van der Waals surface area contributed by atoms with Gasteiger partial charge in [0.2, 0.25) is 5.91 Å². The molecule has 0 atom stereocenters. The summed E-state index contributed by atoms with van der Waals surface area (Å²) in [4.78, 5) is 27.4. The maximum absolute atomic E-state index is 13.5. The SMILES string of the molecule is O=C(CNC(=O)c1c(F)cccc1Cl)NCc1cccnc1. The first-order chi connectivity index (χ1) is 10.6. The number of amides is 2. The molecular formula is C15H13ClFN3O2. The average molecular weight is 322 g/mol. The van der Waals surface area contributed by atoms with E-state index >= 15 is 0 Å². The second kappa shape index (κ2) is 7.51. The van der Waals surface area contributed by atoms with Gasteiger partial charge >= 0.3 is 0 Å². The zero-order chi connectivity index (χ0) is 15.9. The number of hydrogen-bond acceptors (Lipinski definition) is 3. The van der Waals surface area contributed by atoms with Crippen molar-refractivity contribution in [2.75, 3.05) is 6.54 Å². The molecule has 2 amide bonds. The third-order valence-electron chi connectivity index (χ3n) is 2.81. The molecule has 0 aliphatic carbocycles. The number of pyridine rings is 1. The summed E-state index contributed by atoms with van der Waals surface area (Å²) < 4.78 is 13.5. The van der Waals surface area contributed by atoms with Crippen molar-refractivity contribution in [2.24, 2.45) is 0 Å². The van der Waals surface area contributed by atoms with E-state index in [0.717, 1.165) is 11.6 Å². The van der Waals surface area contributed by atoms with Crippen molar-refractivity contribution in [1.82, 2.24) is 15.6 Å². The molecule has 2 aromatic rings. The average Bonchev–Trinajstić information content (AvgIpc) is 2.52. The summed E-state index contributed by atoms with van der Waals surface area (Å²) in [5, 5.41) is 4.93. The number of benzene rings is 1. The molecular weight excluding hydrogens is 309 g/mol. The Bertz CT molecular complexity index is 659. The lowest BCUT2D eigenvalue weighted by molar-refractivity contribution is -0.120. The van der Waals surface area contributed by atoms with Gasteiger partial charge in [-0.2, -0.15) is 0 Å². The van der Waals surface area contributed by atoms with Crippen LogP contribution in [0.2, 0.25) is 5.02 Å². The summed E-state index contributed by atoms with van der Waals surface area (Å²) >= 11 is 5.77. The smallest absolute Gasteiger partial charge is 0.256 e. The van der Waals surface area contributed by atoms with Gasteiger partial charge in [-0.15, -0.1) is 0 Å². The van der Waals surface area contributed by atoms with E-state index in [2.05, 4.69) is 15.6 Å². The van der Waals surface area contributed by atoms with Gasteiger partial charge in [0.25, 0.3) is 5.91 Å². The lowest BCUT2D eigenvalue weighted by Crippen LogP contribution is -2.37. The van der Waals surface area contributed by atoms with Crippen LogP contribution < -0.4 is 10.6 Å². The molecule has 1 aromatic carbocycles. The number of rotatable bonds is 5. The maximum atomic E-state index is 13.5. The fourth-order valence-corrected chi connectivity index (χ4v) is 1.98. The van der Waals surface area contributed by atoms with Crippen LogP contribution in [0, 0.1) is 5.82 Å². The third kappa shape index (κ3) is 4.26. The van der Waals surface area contributed by atoms with Crippen LogP contribution in [0.1, 0.15) is 15.9 Å². The molecule has 7 heteroatoms. The van der Waals surface area contributed by atoms with Crippen LogP contribution >= 0.6 is 11.6 Å². The topological polar surface area (TPSA) is 71.1 Å². The first-order valence-electron chi connectivity index (χ1n) is 6.45. The summed E-state index contributed by atoms with van der Waals surface area (Å²) in [7, 11) is 0. The van der Waals surface area contributed by atoms with E-state index in [9.17, 15) is 14.0 Å². The number of nitrogens with zero attached hydrogens (tertiary/aromatic N) is 1. The fraction of sp³-hybridized carbons (Fsp3) is 0.133. The summed E-state index contributed by atoms with van der Waals surface area (Å²) in [6, 6.07) is 7.49. The quantitative estimate of drug-likeness (QED) is 0.884. The molecule has 0 aliphatic rings. The lowest BCUT2D eigenvalue weighted by atomic mass is 10.2. The zero-order valence-electron chi connectivity index (χ0n) is 11.5. The Morgan fingerprint density at radius 2 is 2.00 bits per heavy atom. The Labute approximate surface area is 131 Å². The van der Waals surface area contributed by atoms with E-state index in [-0.39, 0.29) is 17.1 Å². The van der Waals surface area contributed by atoms with Crippen molar-refractivity contribution in [1.29, 1.82) is 0 Å². The van der Waals surface area contributed by atoms with Crippen LogP contribution in [0.3, 0.4) is 0 Å². The highest BCUT2D eigenvalue weighted by molar-refractivity contribution is 6.33. The van der Waals surface area contributed by atoms with E-state index in [1.54, 1.807) is 18.5 Å². The van der Waals surface area contributed by atoms with Crippen molar-refractivity contribution in [3.05, 3.63) is 64.7 Å². The van der Waals surface area contributed by atoms with Gasteiger partial charge in [0, 0.05) is 18.9 Å². The van der Waals surface area contributed by atoms with Gasteiger partial charge in [-0.25, -0.2) is 4.39 Å².